The van der Waals surface area contributed by atoms with Crippen LogP contribution < -0.4 is 14.2 Å². The Morgan fingerprint density at radius 1 is 1.03 bits per heavy atom. The Bertz CT molecular complexity index is 1210. The van der Waals surface area contributed by atoms with Crippen LogP contribution in [-0.4, -0.2) is 29.9 Å². The Hall–Kier alpha value is -4.07. The summed E-state index contributed by atoms with van der Waals surface area (Å²) in [5, 5.41) is 17.9. The number of nitro groups is 1. The number of hydrogen-bond donors (Lipinski definition) is 0. The Kier molecular flexibility index (Phi) is 4.89. The third-order valence-electron chi connectivity index (χ3n) is 5.80. The van der Waals surface area contributed by atoms with Crippen molar-refractivity contribution in [3.8, 4) is 17.2 Å². The van der Waals surface area contributed by atoms with E-state index in [9.17, 15) is 10.1 Å². The molecule has 162 valence electrons. The number of ether oxygens (including phenoxy) is 3. The van der Waals surface area contributed by atoms with Crippen LogP contribution in [0.5, 0.6) is 17.2 Å². The Labute approximate surface area is 184 Å². The van der Waals surface area contributed by atoms with E-state index in [0.29, 0.717) is 17.9 Å². The van der Waals surface area contributed by atoms with Gasteiger partial charge in [0.05, 0.1) is 30.9 Å². The number of hydrazone groups is 1. The molecule has 2 aliphatic rings. The molecule has 0 spiro atoms. The minimum absolute atomic E-state index is 0.0109. The van der Waals surface area contributed by atoms with E-state index in [1.165, 1.54) is 12.1 Å². The highest BCUT2D eigenvalue weighted by atomic mass is 16.6. The summed E-state index contributed by atoms with van der Waals surface area (Å²) in [5.74, 6) is 2.09. The van der Waals surface area contributed by atoms with Crippen molar-refractivity contribution in [2.24, 2.45) is 5.10 Å². The number of nitro benzene ring substituents is 1. The maximum Gasteiger partial charge on any atom is 0.269 e. The molecule has 2 atom stereocenters. The van der Waals surface area contributed by atoms with E-state index >= 15 is 0 Å². The Balaban J connectivity index is 1.55. The first-order chi connectivity index (χ1) is 15.6. The topological polar surface area (TPSA) is 86.4 Å². The van der Waals surface area contributed by atoms with Crippen LogP contribution in [0.2, 0.25) is 0 Å². The lowest BCUT2D eigenvalue weighted by molar-refractivity contribution is -0.384. The van der Waals surface area contributed by atoms with Crippen LogP contribution in [0, 0.1) is 10.1 Å². The highest BCUT2D eigenvalue weighted by Crippen LogP contribution is 2.47. The molecule has 0 radical (unpaired) electrons. The van der Waals surface area contributed by atoms with Crippen LogP contribution in [0.3, 0.4) is 0 Å². The van der Waals surface area contributed by atoms with E-state index in [1.54, 1.807) is 26.4 Å². The van der Waals surface area contributed by atoms with E-state index in [-0.39, 0.29) is 11.7 Å². The molecular weight excluding hydrogens is 410 g/mol. The lowest BCUT2D eigenvalue weighted by atomic mass is 9.95. The summed E-state index contributed by atoms with van der Waals surface area (Å²) >= 11 is 0. The predicted molar refractivity (Wildman–Crippen MR) is 118 cm³/mol. The Morgan fingerprint density at radius 2 is 1.78 bits per heavy atom. The summed E-state index contributed by atoms with van der Waals surface area (Å²) in [6.45, 7) is 0. The maximum absolute atomic E-state index is 11.1. The summed E-state index contributed by atoms with van der Waals surface area (Å²) in [4.78, 5) is 10.6. The van der Waals surface area contributed by atoms with Crippen molar-refractivity contribution in [1.82, 2.24) is 5.01 Å². The second-order valence-corrected chi connectivity index (χ2v) is 7.57. The number of hydrogen-bond acceptors (Lipinski definition) is 7. The molecule has 5 rings (SSSR count). The molecule has 0 saturated heterocycles. The van der Waals surface area contributed by atoms with E-state index in [0.717, 1.165) is 28.2 Å². The van der Waals surface area contributed by atoms with Crippen molar-refractivity contribution in [3.05, 3.63) is 93.5 Å². The number of rotatable bonds is 5. The molecule has 2 aliphatic heterocycles. The average Bonchev–Trinajstić information content (AvgIpc) is 3.29. The minimum atomic E-state index is -0.492. The van der Waals surface area contributed by atoms with E-state index in [2.05, 4.69) is 0 Å². The Morgan fingerprint density at radius 3 is 2.50 bits per heavy atom. The first-order valence-corrected chi connectivity index (χ1v) is 10.2. The molecule has 0 aliphatic carbocycles. The normalized spacial score (nSPS) is 18.8. The molecule has 3 aromatic carbocycles. The summed E-state index contributed by atoms with van der Waals surface area (Å²) in [5.41, 5.74) is 3.75. The van der Waals surface area contributed by atoms with Gasteiger partial charge in [-0.05, 0) is 36.4 Å². The molecular formula is C24H21N3O5. The van der Waals surface area contributed by atoms with Crippen LogP contribution >= 0.6 is 0 Å². The van der Waals surface area contributed by atoms with Crippen LogP contribution in [0.1, 0.15) is 35.4 Å². The van der Waals surface area contributed by atoms with Gasteiger partial charge in [0.25, 0.3) is 5.69 Å². The standard InChI is InChI=1S/C24H21N3O5/c1-30-22-12-9-16(13-23(22)31-2)19-14-20-18-5-3-4-6-21(18)32-24(26(20)25-19)15-7-10-17(11-8-15)27(28)29/h3-13,20,24H,14H2,1-2H3/t20-,24+/m0/s1. The van der Waals surface area contributed by atoms with Gasteiger partial charge in [0.1, 0.15) is 5.75 Å². The second kappa shape index (κ2) is 7.88. The van der Waals surface area contributed by atoms with Crippen molar-refractivity contribution in [2.75, 3.05) is 14.2 Å². The number of methoxy groups -OCH3 is 2. The number of para-hydroxylation sites is 1. The number of nitrogens with zero attached hydrogens (tertiary/aromatic N) is 3. The van der Waals surface area contributed by atoms with Gasteiger partial charge in [-0.15, -0.1) is 0 Å². The van der Waals surface area contributed by atoms with Crippen LogP contribution in [0.15, 0.2) is 71.8 Å². The zero-order chi connectivity index (χ0) is 22.2. The highest BCUT2D eigenvalue weighted by molar-refractivity contribution is 6.02. The monoisotopic (exact) mass is 431 g/mol. The SMILES string of the molecule is COc1ccc(C2=NN3[C@@H](c4ccc([N+](=O)[O-])cc4)Oc4ccccc4[C@@H]3C2)cc1OC. The maximum atomic E-state index is 11.1. The molecule has 3 aromatic rings. The van der Waals surface area contributed by atoms with Gasteiger partial charge in [0.15, 0.2) is 11.5 Å². The average molecular weight is 431 g/mol. The fraction of sp³-hybridized carbons (Fsp3) is 0.208. The molecule has 0 unspecified atom stereocenters. The fourth-order valence-electron chi connectivity index (χ4n) is 4.21. The predicted octanol–water partition coefficient (Wildman–Crippen LogP) is 4.85. The molecule has 2 heterocycles. The van der Waals surface area contributed by atoms with Crippen molar-refractivity contribution >= 4 is 11.4 Å². The van der Waals surface area contributed by atoms with Crippen LogP contribution in [0.4, 0.5) is 5.69 Å². The van der Waals surface area contributed by atoms with Gasteiger partial charge in [-0.25, -0.2) is 5.01 Å². The molecule has 0 saturated carbocycles. The number of non-ortho nitro benzene ring substituents is 1. The smallest absolute Gasteiger partial charge is 0.269 e. The van der Waals surface area contributed by atoms with Gasteiger partial charge >= 0.3 is 0 Å². The zero-order valence-corrected chi connectivity index (χ0v) is 17.6. The fourth-order valence-corrected chi connectivity index (χ4v) is 4.21. The summed E-state index contributed by atoms with van der Waals surface area (Å²) in [6, 6.07) is 20.1. The molecule has 0 amide bonds. The molecule has 0 fully saturated rings. The van der Waals surface area contributed by atoms with E-state index in [1.807, 2.05) is 47.5 Å². The van der Waals surface area contributed by atoms with Crippen LogP contribution in [-0.2, 0) is 0 Å². The van der Waals surface area contributed by atoms with Gasteiger partial charge in [0, 0.05) is 35.2 Å². The molecule has 0 bridgehead atoms. The summed E-state index contributed by atoms with van der Waals surface area (Å²) < 4.78 is 17.1. The molecule has 8 nitrogen and oxygen atoms in total. The molecule has 0 N–H and O–H groups in total. The van der Waals surface area contributed by atoms with Gasteiger partial charge < -0.3 is 14.2 Å². The molecule has 0 aromatic heterocycles. The number of benzene rings is 3. The number of fused-ring (bicyclic) bond motifs is 3. The van der Waals surface area contributed by atoms with Gasteiger partial charge in [-0.2, -0.15) is 5.10 Å². The molecule has 32 heavy (non-hydrogen) atoms. The van der Waals surface area contributed by atoms with Crippen molar-refractivity contribution in [1.29, 1.82) is 0 Å². The van der Waals surface area contributed by atoms with Gasteiger partial charge in [0.2, 0.25) is 6.23 Å². The lowest BCUT2D eigenvalue weighted by Gasteiger charge is -2.38. The zero-order valence-electron chi connectivity index (χ0n) is 17.6. The van der Waals surface area contributed by atoms with E-state index < -0.39 is 11.2 Å². The lowest BCUT2D eigenvalue weighted by Crippen LogP contribution is -2.33. The van der Waals surface area contributed by atoms with E-state index in [4.69, 9.17) is 19.3 Å². The largest absolute Gasteiger partial charge is 0.493 e. The first-order valence-electron chi connectivity index (χ1n) is 10.2. The van der Waals surface area contributed by atoms with Gasteiger partial charge in [-0.3, -0.25) is 10.1 Å². The highest BCUT2D eigenvalue weighted by Gasteiger charge is 2.41. The van der Waals surface area contributed by atoms with Crippen molar-refractivity contribution in [3.63, 3.8) is 0 Å². The third-order valence-corrected chi connectivity index (χ3v) is 5.80. The van der Waals surface area contributed by atoms with Crippen molar-refractivity contribution < 1.29 is 19.1 Å². The quantitative estimate of drug-likeness (QED) is 0.424. The minimum Gasteiger partial charge on any atom is -0.493 e. The van der Waals surface area contributed by atoms with Crippen molar-refractivity contribution in [2.45, 2.75) is 18.7 Å². The first kappa shape index (κ1) is 19.9. The third kappa shape index (κ3) is 3.30. The summed E-state index contributed by atoms with van der Waals surface area (Å²) in [6.07, 6.45) is 0.202. The summed E-state index contributed by atoms with van der Waals surface area (Å²) in [7, 11) is 3.21. The van der Waals surface area contributed by atoms with Crippen LogP contribution in [0.25, 0.3) is 0 Å². The van der Waals surface area contributed by atoms with Gasteiger partial charge in [-0.1, -0.05) is 18.2 Å². The second-order valence-electron chi connectivity index (χ2n) is 7.57. The molecule has 8 heteroatoms.